The van der Waals surface area contributed by atoms with Gasteiger partial charge in [-0.25, -0.2) is 0 Å². The Kier molecular flexibility index (Phi) is 4.70. The van der Waals surface area contributed by atoms with Crippen LogP contribution in [0, 0.1) is 0 Å². The van der Waals surface area contributed by atoms with E-state index in [1.807, 2.05) is 0 Å². The lowest BCUT2D eigenvalue weighted by Crippen LogP contribution is -2.30. The first-order valence-electron chi connectivity index (χ1n) is 6.84. The maximum atomic E-state index is 13.0. The van der Waals surface area contributed by atoms with Crippen LogP contribution in [-0.4, -0.2) is 31.4 Å². The summed E-state index contributed by atoms with van der Waals surface area (Å²) in [6, 6.07) is 2.96. The van der Waals surface area contributed by atoms with Gasteiger partial charge >= 0.3 is 6.18 Å². The molecular formula is C14H16F3N3O2. The fourth-order valence-electron chi connectivity index (χ4n) is 2.27. The molecule has 22 heavy (non-hydrogen) atoms. The van der Waals surface area contributed by atoms with Gasteiger partial charge in [0, 0.05) is 37.3 Å². The van der Waals surface area contributed by atoms with Gasteiger partial charge in [0.25, 0.3) is 5.91 Å². The maximum Gasteiger partial charge on any atom is 0.416 e. The molecule has 0 radical (unpaired) electrons. The monoisotopic (exact) mass is 315 g/mol. The van der Waals surface area contributed by atoms with Gasteiger partial charge in [-0.1, -0.05) is 0 Å². The predicted molar refractivity (Wildman–Crippen MR) is 74.4 cm³/mol. The van der Waals surface area contributed by atoms with Crippen molar-refractivity contribution in [1.29, 1.82) is 0 Å². The van der Waals surface area contributed by atoms with E-state index in [2.05, 4.69) is 5.32 Å². The highest BCUT2D eigenvalue weighted by Gasteiger charge is 2.33. The first-order chi connectivity index (χ1) is 10.3. The number of nitrogens with zero attached hydrogens (tertiary/aromatic N) is 1. The number of amides is 2. The number of nitrogens with two attached hydrogens (primary N) is 1. The third-order valence-electron chi connectivity index (χ3n) is 3.32. The Morgan fingerprint density at radius 3 is 2.59 bits per heavy atom. The molecule has 1 aromatic carbocycles. The van der Waals surface area contributed by atoms with Gasteiger partial charge < -0.3 is 16.0 Å². The summed E-state index contributed by atoms with van der Waals surface area (Å²) < 4.78 is 39.0. The van der Waals surface area contributed by atoms with Crippen LogP contribution in [0.3, 0.4) is 0 Å². The second-order valence-electron chi connectivity index (χ2n) is 4.96. The number of rotatable bonds is 4. The Balaban J connectivity index is 2.41. The molecule has 0 saturated carbocycles. The minimum atomic E-state index is -4.60. The van der Waals surface area contributed by atoms with Crippen LogP contribution in [0.2, 0.25) is 0 Å². The first kappa shape index (κ1) is 16.3. The lowest BCUT2D eigenvalue weighted by molar-refractivity contribution is -0.137. The summed E-state index contributed by atoms with van der Waals surface area (Å²) in [5.41, 5.74) is 4.25. The van der Waals surface area contributed by atoms with Gasteiger partial charge in [-0.2, -0.15) is 13.2 Å². The highest BCUT2D eigenvalue weighted by Crippen LogP contribution is 2.34. The van der Waals surface area contributed by atoms with Gasteiger partial charge in [0.15, 0.2) is 0 Å². The minimum Gasteiger partial charge on any atom is -0.351 e. The number of alkyl halides is 3. The van der Waals surface area contributed by atoms with Gasteiger partial charge in [-0.3, -0.25) is 9.59 Å². The summed E-state index contributed by atoms with van der Waals surface area (Å²) in [6.07, 6.45) is -3.71. The van der Waals surface area contributed by atoms with Crippen molar-refractivity contribution in [2.24, 2.45) is 5.73 Å². The van der Waals surface area contributed by atoms with Crippen LogP contribution in [0.4, 0.5) is 18.9 Å². The van der Waals surface area contributed by atoms with Gasteiger partial charge in [-0.05, 0) is 24.6 Å². The highest BCUT2D eigenvalue weighted by molar-refractivity contribution is 5.99. The average molecular weight is 315 g/mol. The molecule has 1 aromatic rings. The second-order valence-corrected chi connectivity index (χ2v) is 4.96. The first-order valence-corrected chi connectivity index (χ1v) is 6.84. The van der Waals surface area contributed by atoms with Crippen LogP contribution in [0.25, 0.3) is 0 Å². The zero-order chi connectivity index (χ0) is 16.3. The SMILES string of the molecule is NCCNC(=O)c1cc(N2CCCC2=O)cc(C(F)(F)F)c1. The topological polar surface area (TPSA) is 75.4 Å². The van der Waals surface area contributed by atoms with Crippen molar-refractivity contribution < 1.29 is 22.8 Å². The quantitative estimate of drug-likeness (QED) is 0.884. The summed E-state index contributed by atoms with van der Waals surface area (Å²) in [6.45, 7) is 0.694. The highest BCUT2D eigenvalue weighted by atomic mass is 19.4. The molecule has 1 fully saturated rings. The van der Waals surface area contributed by atoms with Gasteiger partial charge in [0.2, 0.25) is 5.91 Å². The van der Waals surface area contributed by atoms with Crippen molar-refractivity contribution in [2.75, 3.05) is 24.5 Å². The summed E-state index contributed by atoms with van der Waals surface area (Å²) in [5.74, 6) is -0.892. The van der Waals surface area contributed by atoms with E-state index < -0.39 is 17.6 Å². The van der Waals surface area contributed by atoms with Gasteiger partial charge in [-0.15, -0.1) is 0 Å². The summed E-state index contributed by atoms with van der Waals surface area (Å²) in [4.78, 5) is 24.9. The largest absolute Gasteiger partial charge is 0.416 e. The van der Waals surface area contributed by atoms with Crippen molar-refractivity contribution in [3.63, 3.8) is 0 Å². The van der Waals surface area contributed by atoms with Crippen molar-refractivity contribution >= 4 is 17.5 Å². The van der Waals surface area contributed by atoms with E-state index in [9.17, 15) is 22.8 Å². The Hall–Kier alpha value is -2.09. The number of benzene rings is 1. The average Bonchev–Trinajstić information content (AvgIpc) is 2.89. The van der Waals surface area contributed by atoms with Gasteiger partial charge in [0.05, 0.1) is 5.56 Å². The summed E-state index contributed by atoms with van der Waals surface area (Å²) >= 11 is 0. The molecule has 0 aromatic heterocycles. The molecule has 0 spiro atoms. The van der Waals surface area contributed by atoms with Crippen LogP contribution in [0.1, 0.15) is 28.8 Å². The van der Waals surface area contributed by atoms with E-state index in [0.717, 1.165) is 12.1 Å². The molecule has 1 heterocycles. The molecule has 120 valence electrons. The fourth-order valence-corrected chi connectivity index (χ4v) is 2.27. The van der Waals surface area contributed by atoms with Crippen molar-refractivity contribution in [1.82, 2.24) is 5.32 Å². The molecule has 5 nitrogen and oxygen atoms in total. The van der Waals surface area contributed by atoms with E-state index in [1.54, 1.807) is 0 Å². The van der Waals surface area contributed by atoms with Crippen LogP contribution in [0.5, 0.6) is 0 Å². The molecule has 3 N–H and O–H groups in total. The molecule has 0 atom stereocenters. The smallest absolute Gasteiger partial charge is 0.351 e. The maximum absolute atomic E-state index is 13.0. The summed E-state index contributed by atoms with van der Waals surface area (Å²) in [5, 5.41) is 2.42. The molecule has 2 amide bonds. The summed E-state index contributed by atoms with van der Waals surface area (Å²) in [7, 11) is 0. The number of carbonyl (C=O) groups excluding carboxylic acids is 2. The number of hydrogen-bond acceptors (Lipinski definition) is 3. The second kappa shape index (κ2) is 6.35. The Bertz CT molecular complexity index is 587. The van der Waals surface area contributed by atoms with E-state index in [4.69, 9.17) is 5.73 Å². The lowest BCUT2D eigenvalue weighted by atomic mass is 10.1. The van der Waals surface area contributed by atoms with Crippen LogP contribution in [0.15, 0.2) is 18.2 Å². The Morgan fingerprint density at radius 1 is 1.32 bits per heavy atom. The van der Waals surface area contributed by atoms with Crippen molar-refractivity contribution in [2.45, 2.75) is 19.0 Å². The number of halogens is 3. The third-order valence-corrected chi connectivity index (χ3v) is 3.32. The van der Waals surface area contributed by atoms with E-state index in [1.165, 1.54) is 11.0 Å². The molecule has 1 aliphatic rings. The molecule has 1 saturated heterocycles. The van der Waals surface area contributed by atoms with Crippen molar-refractivity contribution in [3.05, 3.63) is 29.3 Å². The lowest BCUT2D eigenvalue weighted by Gasteiger charge is -2.19. The number of nitrogens with one attached hydrogen (secondary N) is 1. The fraction of sp³-hybridized carbons (Fsp3) is 0.429. The van der Waals surface area contributed by atoms with Crippen LogP contribution in [-0.2, 0) is 11.0 Å². The Morgan fingerprint density at radius 2 is 2.05 bits per heavy atom. The molecule has 0 unspecified atom stereocenters. The molecule has 0 bridgehead atoms. The molecule has 2 rings (SSSR count). The predicted octanol–water partition coefficient (Wildman–Crippen LogP) is 1.52. The van der Waals surface area contributed by atoms with E-state index in [-0.39, 0.29) is 30.2 Å². The minimum absolute atomic E-state index is 0.0928. The normalized spacial score (nSPS) is 15.3. The van der Waals surface area contributed by atoms with E-state index in [0.29, 0.717) is 19.4 Å². The number of carbonyl (C=O) groups is 2. The van der Waals surface area contributed by atoms with Crippen molar-refractivity contribution in [3.8, 4) is 0 Å². The van der Waals surface area contributed by atoms with E-state index >= 15 is 0 Å². The van der Waals surface area contributed by atoms with Crippen LogP contribution >= 0.6 is 0 Å². The molecule has 8 heteroatoms. The Labute approximate surface area is 125 Å². The molecular weight excluding hydrogens is 299 g/mol. The zero-order valence-electron chi connectivity index (χ0n) is 11.7. The zero-order valence-corrected chi connectivity index (χ0v) is 11.7. The third kappa shape index (κ3) is 3.56. The standard InChI is InChI=1S/C14H16F3N3O2/c15-14(16,17)10-6-9(13(22)19-4-3-18)7-11(8-10)20-5-1-2-12(20)21/h6-8H,1-5,18H2,(H,19,22). The van der Waals surface area contributed by atoms with Crippen LogP contribution < -0.4 is 16.0 Å². The van der Waals surface area contributed by atoms with Gasteiger partial charge in [0.1, 0.15) is 0 Å². The molecule has 0 aliphatic carbocycles. The number of anilines is 1. The number of hydrogen-bond donors (Lipinski definition) is 2. The molecule has 1 aliphatic heterocycles.